The maximum absolute atomic E-state index is 13.0. The lowest BCUT2D eigenvalue weighted by Crippen LogP contribution is -2.26. The molecule has 8 nitrogen and oxygen atoms in total. The second kappa shape index (κ2) is 8.09. The molecule has 1 aliphatic rings. The number of carbonyl (C=O) groups excluding carboxylic acids is 1. The third-order valence-electron chi connectivity index (χ3n) is 5.36. The van der Waals surface area contributed by atoms with Crippen LogP contribution in [-0.2, 0) is 12.1 Å². The molecule has 0 spiro atoms. The third kappa shape index (κ3) is 4.28. The van der Waals surface area contributed by atoms with E-state index in [1.807, 2.05) is 28.9 Å². The average molecular weight is 424 g/mol. The molecule has 2 heterocycles. The summed E-state index contributed by atoms with van der Waals surface area (Å²) >= 11 is 0. The zero-order chi connectivity index (χ0) is 22.2. The Labute approximate surface area is 182 Å². The molecule has 0 aliphatic heterocycles. The molecule has 3 aromatic rings. The van der Waals surface area contributed by atoms with Crippen LogP contribution in [0.15, 0.2) is 36.5 Å². The molecule has 0 unspecified atom stereocenters. The molecule has 8 heteroatoms. The Morgan fingerprint density at radius 1 is 1.19 bits per heavy atom. The van der Waals surface area contributed by atoms with Crippen molar-refractivity contribution in [3.63, 3.8) is 0 Å². The van der Waals surface area contributed by atoms with E-state index in [9.17, 15) is 4.79 Å². The van der Waals surface area contributed by atoms with E-state index in [0.717, 1.165) is 24.1 Å². The van der Waals surface area contributed by atoms with Gasteiger partial charge in [0, 0.05) is 23.2 Å². The zero-order valence-electron chi connectivity index (χ0n) is 18.7. The van der Waals surface area contributed by atoms with Crippen LogP contribution in [-0.4, -0.2) is 39.7 Å². The SMILES string of the molecule is COc1cccc(Cn2nccc2NC(=O)c2cc(C3CC3)n(C(C)(C)C)n2)c1OC. The van der Waals surface area contributed by atoms with Crippen LogP contribution in [0.4, 0.5) is 5.82 Å². The molecule has 31 heavy (non-hydrogen) atoms. The molecule has 0 atom stereocenters. The second-order valence-corrected chi connectivity index (χ2v) is 8.79. The summed E-state index contributed by atoms with van der Waals surface area (Å²) in [5.41, 5.74) is 2.27. The van der Waals surface area contributed by atoms with E-state index in [0.29, 0.717) is 35.5 Å². The van der Waals surface area contributed by atoms with Crippen LogP contribution in [0.5, 0.6) is 11.5 Å². The first-order chi connectivity index (χ1) is 14.8. The molecule has 0 saturated heterocycles. The fraction of sp³-hybridized carbons (Fsp3) is 0.435. The van der Waals surface area contributed by atoms with Crippen LogP contribution in [0.1, 0.15) is 61.3 Å². The third-order valence-corrected chi connectivity index (χ3v) is 5.36. The first-order valence-corrected chi connectivity index (χ1v) is 10.4. The number of nitrogens with one attached hydrogen (secondary N) is 1. The van der Waals surface area contributed by atoms with Crippen LogP contribution in [0.2, 0.25) is 0 Å². The van der Waals surface area contributed by atoms with Crippen LogP contribution in [0, 0.1) is 0 Å². The molecular formula is C23H29N5O3. The smallest absolute Gasteiger partial charge is 0.277 e. The lowest BCUT2D eigenvalue weighted by Gasteiger charge is -2.22. The van der Waals surface area contributed by atoms with Crippen molar-refractivity contribution in [3.05, 3.63) is 53.5 Å². The topological polar surface area (TPSA) is 83.2 Å². The predicted octanol–water partition coefficient (Wildman–Crippen LogP) is 4.03. The monoisotopic (exact) mass is 423 g/mol. The number of para-hydroxylation sites is 1. The number of aromatic nitrogens is 4. The molecule has 1 N–H and O–H groups in total. The van der Waals surface area contributed by atoms with Crippen molar-refractivity contribution in [2.45, 2.75) is 51.6 Å². The summed E-state index contributed by atoms with van der Waals surface area (Å²) < 4.78 is 14.6. The Hall–Kier alpha value is -3.29. The summed E-state index contributed by atoms with van der Waals surface area (Å²) in [6.07, 6.45) is 3.96. The average Bonchev–Trinajstić information content (AvgIpc) is 3.32. The van der Waals surface area contributed by atoms with E-state index in [4.69, 9.17) is 9.47 Å². The molecule has 164 valence electrons. The summed E-state index contributed by atoms with van der Waals surface area (Å²) in [6.45, 7) is 6.73. The van der Waals surface area contributed by atoms with E-state index in [1.54, 1.807) is 31.2 Å². The van der Waals surface area contributed by atoms with Gasteiger partial charge in [0.2, 0.25) is 0 Å². The van der Waals surface area contributed by atoms with Gasteiger partial charge in [-0.05, 0) is 45.7 Å². The highest BCUT2D eigenvalue weighted by Gasteiger charge is 2.32. The van der Waals surface area contributed by atoms with Crippen molar-refractivity contribution in [2.24, 2.45) is 0 Å². The summed E-state index contributed by atoms with van der Waals surface area (Å²) in [7, 11) is 3.21. The standard InChI is InChI=1S/C23H29N5O3/c1-23(2,3)28-18(15-9-10-15)13-17(26-28)22(29)25-20-11-12-24-27(20)14-16-7-6-8-19(30-4)21(16)31-5/h6-8,11-13,15H,9-10,14H2,1-5H3,(H,25,29). The van der Waals surface area contributed by atoms with Gasteiger partial charge in [-0.25, -0.2) is 4.68 Å². The number of amides is 1. The molecule has 1 fully saturated rings. The van der Waals surface area contributed by atoms with Crippen LogP contribution in [0.3, 0.4) is 0 Å². The van der Waals surface area contributed by atoms with Gasteiger partial charge in [-0.2, -0.15) is 10.2 Å². The van der Waals surface area contributed by atoms with E-state index in [-0.39, 0.29) is 11.4 Å². The summed E-state index contributed by atoms with van der Waals surface area (Å²) in [5.74, 6) is 2.14. The Bertz CT molecular complexity index is 1090. The minimum Gasteiger partial charge on any atom is -0.493 e. The van der Waals surface area contributed by atoms with Gasteiger partial charge < -0.3 is 14.8 Å². The van der Waals surface area contributed by atoms with Crippen LogP contribution < -0.4 is 14.8 Å². The highest BCUT2D eigenvalue weighted by molar-refractivity contribution is 6.02. The van der Waals surface area contributed by atoms with E-state index in [1.165, 1.54) is 0 Å². The molecule has 2 aromatic heterocycles. The number of nitrogens with zero attached hydrogens (tertiary/aromatic N) is 4. The lowest BCUT2D eigenvalue weighted by molar-refractivity contribution is 0.101. The molecule has 1 amide bonds. The van der Waals surface area contributed by atoms with E-state index in [2.05, 4.69) is 36.3 Å². The van der Waals surface area contributed by atoms with Crippen molar-refractivity contribution in [2.75, 3.05) is 19.5 Å². The summed E-state index contributed by atoms with van der Waals surface area (Å²) in [4.78, 5) is 13.0. The fourth-order valence-corrected chi connectivity index (χ4v) is 3.70. The maximum atomic E-state index is 13.0. The Morgan fingerprint density at radius 2 is 1.97 bits per heavy atom. The molecule has 0 radical (unpaired) electrons. The highest BCUT2D eigenvalue weighted by Crippen LogP contribution is 2.41. The fourth-order valence-electron chi connectivity index (χ4n) is 3.70. The number of hydrogen-bond acceptors (Lipinski definition) is 5. The first-order valence-electron chi connectivity index (χ1n) is 10.4. The number of benzene rings is 1. The van der Waals surface area contributed by atoms with Gasteiger partial charge in [0.05, 0.1) is 32.5 Å². The van der Waals surface area contributed by atoms with Gasteiger partial charge in [0.25, 0.3) is 5.91 Å². The molecule has 0 bridgehead atoms. The van der Waals surface area contributed by atoms with Crippen LogP contribution in [0.25, 0.3) is 0 Å². The number of carbonyl (C=O) groups is 1. The maximum Gasteiger partial charge on any atom is 0.277 e. The molecular weight excluding hydrogens is 394 g/mol. The van der Waals surface area contributed by atoms with Gasteiger partial charge in [0.1, 0.15) is 5.82 Å². The minimum atomic E-state index is -0.246. The summed E-state index contributed by atoms with van der Waals surface area (Å²) in [5, 5.41) is 12.0. The van der Waals surface area contributed by atoms with Crippen molar-refractivity contribution >= 4 is 11.7 Å². The molecule has 1 aromatic carbocycles. The molecule has 4 rings (SSSR count). The van der Waals surface area contributed by atoms with Gasteiger partial charge in [0.15, 0.2) is 17.2 Å². The number of methoxy groups -OCH3 is 2. The van der Waals surface area contributed by atoms with Gasteiger partial charge >= 0.3 is 0 Å². The van der Waals surface area contributed by atoms with Crippen molar-refractivity contribution in [1.82, 2.24) is 19.6 Å². The minimum absolute atomic E-state index is 0.179. The number of ether oxygens (including phenoxy) is 2. The van der Waals surface area contributed by atoms with E-state index >= 15 is 0 Å². The van der Waals surface area contributed by atoms with Gasteiger partial charge in [-0.1, -0.05) is 12.1 Å². The predicted molar refractivity (Wildman–Crippen MR) is 118 cm³/mol. The first kappa shape index (κ1) is 21.0. The number of rotatable bonds is 7. The van der Waals surface area contributed by atoms with E-state index < -0.39 is 0 Å². The van der Waals surface area contributed by atoms with Crippen molar-refractivity contribution in [3.8, 4) is 11.5 Å². The number of anilines is 1. The quantitative estimate of drug-likeness (QED) is 0.620. The van der Waals surface area contributed by atoms with Crippen LogP contribution >= 0.6 is 0 Å². The Morgan fingerprint density at radius 3 is 2.61 bits per heavy atom. The Kier molecular flexibility index (Phi) is 5.47. The normalized spacial score (nSPS) is 13.8. The Balaban J connectivity index is 1.56. The summed E-state index contributed by atoms with van der Waals surface area (Å²) in [6, 6.07) is 9.38. The van der Waals surface area contributed by atoms with Gasteiger partial charge in [-0.15, -0.1) is 0 Å². The molecule has 1 saturated carbocycles. The largest absolute Gasteiger partial charge is 0.493 e. The molecule has 1 aliphatic carbocycles. The number of hydrogen-bond donors (Lipinski definition) is 1. The zero-order valence-corrected chi connectivity index (χ0v) is 18.7. The highest BCUT2D eigenvalue weighted by atomic mass is 16.5. The lowest BCUT2D eigenvalue weighted by atomic mass is 10.1. The van der Waals surface area contributed by atoms with Crippen molar-refractivity contribution in [1.29, 1.82) is 0 Å². The van der Waals surface area contributed by atoms with Crippen molar-refractivity contribution < 1.29 is 14.3 Å². The second-order valence-electron chi connectivity index (χ2n) is 8.79. The van der Waals surface area contributed by atoms with Gasteiger partial charge in [-0.3, -0.25) is 9.48 Å².